The Morgan fingerprint density at radius 3 is 2.46 bits per heavy atom. The Hall–Kier alpha value is -4.46. The van der Waals surface area contributed by atoms with Gasteiger partial charge >= 0.3 is 11.7 Å². The van der Waals surface area contributed by atoms with E-state index in [-0.39, 0.29) is 19.9 Å². The van der Waals surface area contributed by atoms with Crippen molar-refractivity contribution in [2.75, 3.05) is 10.6 Å². The molecule has 0 spiro atoms. The second kappa shape index (κ2) is 10.7. The summed E-state index contributed by atoms with van der Waals surface area (Å²) in [7, 11) is -4.09. The van der Waals surface area contributed by atoms with Gasteiger partial charge in [0.1, 0.15) is 4.21 Å². The number of pyridine rings is 1. The van der Waals surface area contributed by atoms with Crippen LogP contribution in [0.15, 0.2) is 92.8 Å². The van der Waals surface area contributed by atoms with Crippen LogP contribution in [-0.2, 0) is 16.6 Å². The van der Waals surface area contributed by atoms with E-state index in [0.29, 0.717) is 23.1 Å². The number of anilines is 2. The van der Waals surface area contributed by atoms with Crippen LogP contribution in [0.3, 0.4) is 0 Å². The van der Waals surface area contributed by atoms with Crippen molar-refractivity contribution in [3.05, 3.63) is 110 Å². The van der Waals surface area contributed by atoms with Crippen LogP contribution in [0.25, 0.3) is 16.6 Å². The van der Waals surface area contributed by atoms with Crippen LogP contribution < -0.4 is 26.6 Å². The predicted octanol–water partition coefficient (Wildman–Crippen LogP) is 3.91. The average Bonchev–Trinajstić information content (AvgIpc) is 3.36. The van der Waals surface area contributed by atoms with E-state index in [1.165, 1.54) is 36.4 Å². The molecule has 5 rings (SSSR count). The molecule has 14 heteroatoms. The van der Waals surface area contributed by atoms with Gasteiger partial charge in [0.25, 0.3) is 15.6 Å². The maximum absolute atomic E-state index is 13.2. The van der Waals surface area contributed by atoms with Gasteiger partial charge < -0.3 is 15.6 Å². The lowest BCUT2D eigenvalue weighted by Gasteiger charge is -2.11. The monoisotopic (exact) mass is 582 g/mol. The highest BCUT2D eigenvalue weighted by Gasteiger charge is 2.20. The number of H-pyrrole nitrogens is 1. The van der Waals surface area contributed by atoms with Crippen molar-refractivity contribution in [1.82, 2.24) is 19.3 Å². The zero-order valence-corrected chi connectivity index (χ0v) is 22.2. The van der Waals surface area contributed by atoms with E-state index in [1.54, 1.807) is 24.4 Å². The Kier molecular flexibility index (Phi) is 7.19. The number of rotatable bonds is 7. The van der Waals surface area contributed by atoms with Gasteiger partial charge in [0.05, 0.1) is 33.2 Å². The van der Waals surface area contributed by atoms with Gasteiger partial charge in [0, 0.05) is 17.6 Å². The molecular weight excluding hydrogens is 564 g/mol. The van der Waals surface area contributed by atoms with E-state index in [2.05, 4.69) is 20.6 Å². The maximum Gasteiger partial charge on any atom is 0.333 e. The number of hydrogen-bond donors (Lipinski definition) is 4. The number of thiophene rings is 1. The summed E-state index contributed by atoms with van der Waals surface area (Å²) in [4.78, 5) is 45.2. The first-order valence-corrected chi connectivity index (χ1v) is 14.0. The summed E-state index contributed by atoms with van der Waals surface area (Å²) in [6.45, 7) is 0.473. The molecule has 4 N–H and O–H groups in total. The molecule has 0 atom stereocenters. The first-order chi connectivity index (χ1) is 18.7. The van der Waals surface area contributed by atoms with Crippen LogP contribution in [0.2, 0.25) is 4.34 Å². The molecule has 3 heterocycles. The molecule has 0 aliphatic heterocycles. The van der Waals surface area contributed by atoms with Gasteiger partial charge in [-0.15, -0.1) is 11.3 Å². The third kappa shape index (κ3) is 5.85. The molecule has 2 aromatic carbocycles. The topological polar surface area (TPSA) is 155 Å². The molecule has 0 fully saturated rings. The Balaban J connectivity index is 1.32. The van der Waals surface area contributed by atoms with Crippen LogP contribution in [0.5, 0.6) is 0 Å². The first-order valence-electron chi connectivity index (χ1n) is 11.3. The number of nitrogens with one attached hydrogen (secondary N) is 4. The summed E-state index contributed by atoms with van der Waals surface area (Å²) >= 11 is 6.58. The van der Waals surface area contributed by atoms with Crippen LogP contribution in [0.1, 0.15) is 5.69 Å². The molecular formula is C25H19ClN6O5S2. The highest BCUT2D eigenvalue weighted by Crippen LogP contribution is 2.25. The molecule has 0 bridgehead atoms. The molecule has 39 heavy (non-hydrogen) atoms. The number of nitrogens with zero attached hydrogens (tertiary/aromatic N) is 2. The van der Waals surface area contributed by atoms with Gasteiger partial charge in [-0.3, -0.25) is 9.78 Å². The number of hydrogen-bond acceptors (Lipinski definition) is 8. The van der Waals surface area contributed by atoms with Crippen LogP contribution in [0.4, 0.5) is 16.2 Å². The normalized spacial score (nSPS) is 11.3. The summed E-state index contributed by atoms with van der Waals surface area (Å²) in [5.74, 6) is 0. The summed E-state index contributed by atoms with van der Waals surface area (Å²) in [6, 6.07) is 18.1. The lowest BCUT2D eigenvalue weighted by atomic mass is 10.2. The second-order valence-corrected chi connectivity index (χ2v) is 11.8. The van der Waals surface area contributed by atoms with Crippen molar-refractivity contribution >= 4 is 61.3 Å². The smallest absolute Gasteiger partial charge is 0.333 e. The second-order valence-electron chi connectivity index (χ2n) is 8.17. The number of sulfonamides is 1. The molecule has 0 radical (unpaired) electrons. The van der Waals surface area contributed by atoms with Gasteiger partial charge in [-0.1, -0.05) is 17.7 Å². The van der Waals surface area contributed by atoms with Crippen molar-refractivity contribution in [2.45, 2.75) is 10.8 Å². The van der Waals surface area contributed by atoms with Gasteiger partial charge in [-0.05, 0) is 66.7 Å². The summed E-state index contributed by atoms with van der Waals surface area (Å²) in [6.07, 6.45) is 1.70. The van der Waals surface area contributed by atoms with E-state index < -0.39 is 27.3 Å². The van der Waals surface area contributed by atoms with Gasteiger partial charge in [-0.2, -0.15) is 0 Å². The number of fused-ring (bicyclic) bond motifs is 1. The molecule has 3 aromatic heterocycles. The van der Waals surface area contributed by atoms with Crippen LogP contribution in [0, 0.1) is 0 Å². The van der Waals surface area contributed by atoms with E-state index in [1.807, 2.05) is 22.9 Å². The third-order valence-electron chi connectivity index (χ3n) is 5.52. The lowest BCUT2D eigenvalue weighted by Crippen LogP contribution is -2.34. The average molecular weight is 583 g/mol. The fraction of sp³-hybridized carbons (Fsp3) is 0.0400. The standard InChI is InChI=1S/C25H19ClN6O5S2/c26-21-10-11-22(38-21)39(36,37)31-24(34)29-15-4-7-18(8-5-15)32-23(33)19-9-6-16(13-20(19)30-25(32)35)28-14-17-3-1-2-12-27-17/h1-13,28H,14H2,(H,30,35)(H2,29,31,34). The summed E-state index contributed by atoms with van der Waals surface area (Å²) < 4.78 is 27.6. The number of aromatic amines is 1. The fourth-order valence-corrected chi connectivity index (χ4v) is 6.11. The minimum absolute atomic E-state index is 0.107. The Bertz CT molecular complexity index is 1900. The van der Waals surface area contributed by atoms with E-state index >= 15 is 0 Å². The third-order valence-corrected chi connectivity index (χ3v) is 8.58. The minimum atomic E-state index is -4.09. The lowest BCUT2D eigenvalue weighted by molar-refractivity contribution is 0.256. The molecule has 0 saturated heterocycles. The van der Waals surface area contributed by atoms with Gasteiger partial charge in [0.2, 0.25) is 0 Å². The van der Waals surface area contributed by atoms with E-state index in [9.17, 15) is 22.8 Å². The number of benzene rings is 2. The quantitative estimate of drug-likeness (QED) is 0.227. The number of carbonyl (C=O) groups excluding carboxylic acids is 1. The molecule has 198 valence electrons. The number of carbonyl (C=O) groups is 1. The number of amides is 2. The minimum Gasteiger partial charge on any atom is -0.379 e. The van der Waals surface area contributed by atoms with Gasteiger partial charge in [-0.25, -0.2) is 27.3 Å². The number of halogens is 1. The van der Waals surface area contributed by atoms with Crippen molar-refractivity contribution in [3.63, 3.8) is 0 Å². The zero-order chi connectivity index (χ0) is 27.6. The largest absolute Gasteiger partial charge is 0.379 e. The van der Waals surface area contributed by atoms with Crippen molar-refractivity contribution in [1.29, 1.82) is 0 Å². The molecule has 0 unspecified atom stereocenters. The maximum atomic E-state index is 13.2. The summed E-state index contributed by atoms with van der Waals surface area (Å²) in [5, 5.41) is 5.91. The molecule has 11 nitrogen and oxygen atoms in total. The molecule has 0 aliphatic carbocycles. The van der Waals surface area contributed by atoms with E-state index in [0.717, 1.165) is 21.6 Å². The highest BCUT2D eigenvalue weighted by atomic mass is 35.5. The highest BCUT2D eigenvalue weighted by molar-refractivity contribution is 7.92. The van der Waals surface area contributed by atoms with Crippen molar-refractivity contribution in [2.24, 2.45) is 0 Å². The molecule has 0 aliphatic rings. The zero-order valence-electron chi connectivity index (χ0n) is 19.8. The Morgan fingerprint density at radius 1 is 1.00 bits per heavy atom. The number of aromatic nitrogens is 3. The van der Waals surface area contributed by atoms with Crippen LogP contribution >= 0.6 is 22.9 Å². The Morgan fingerprint density at radius 2 is 1.77 bits per heavy atom. The van der Waals surface area contributed by atoms with Crippen molar-refractivity contribution in [3.8, 4) is 5.69 Å². The number of urea groups is 1. The van der Waals surface area contributed by atoms with Crippen LogP contribution in [-0.4, -0.2) is 29.0 Å². The predicted molar refractivity (Wildman–Crippen MR) is 150 cm³/mol. The van der Waals surface area contributed by atoms with Gasteiger partial charge in [0.15, 0.2) is 0 Å². The molecule has 2 amide bonds. The molecule has 5 aromatic rings. The first kappa shape index (κ1) is 26.2. The Labute approximate surface area is 230 Å². The fourth-order valence-electron chi connectivity index (χ4n) is 3.72. The van der Waals surface area contributed by atoms with E-state index in [4.69, 9.17) is 11.6 Å². The molecule has 0 saturated carbocycles. The SMILES string of the molecule is O=C(Nc1ccc(-n2c(=O)[nH]c3cc(NCc4ccccn4)ccc3c2=O)cc1)NS(=O)(=O)c1ccc(Cl)s1. The summed E-state index contributed by atoms with van der Waals surface area (Å²) in [5.41, 5.74) is 1.25. The van der Waals surface area contributed by atoms with Crippen molar-refractivity contribution < 1.29 is 13.2 Å².